The third-order valence-electron chi connectivity index (χ3n) is 5.16. The molecule has 5 aromatic rings. The van der Waals surface area contributed by atoms with Crippen molar-refractivity contribution >= 4 is 17.3 Å². The lowest BCUT2D eigenvalue weighted by Crippen LogP contribution is -2.10. The highest BCUT2D eigenvalue weighted by molar-refractivity contribution is 7.08. The molecule has 0 radical (unpaired) electrons. The third kappa shape index (κ3) is 4.15. The van der Waals surface area contributed by atoms with Gasteiger partial charge in [0, 0.05) is 28.9 Å². The van der Waals surface area contributed by atoms with E-state index in [2.05, 4.69) is 34.7 Å². The first-order valence-electron chi connectivity index (χ1n) is 10.2. The van der Waals surface area contributed by atoms with Gasteiger partial charge in [0.15, 0.2) is 0 Å². The summed E-state index contributed by atoms with van der Waals surface area (Å²) in [6.07, 6.45) is 3.68. The molecular weight excluding hydrogens is 421 g/mol. The second kappa shape index (κ2) is 8.72. The van der Waals surface area contributed by atoms with Crippen LogP contribution in [0.5, 0.6) is 0 Å². The lowest BCUT2D eigenvalue weighted by Gasteiger charge is -2.15. The van der Waals surface area contributed by atoms with E-state index < -0.39 is 0 Å². The molecule has 7 heteroatoms. The fourth-order valence-electron chi connectivity index (χ4n) is 3.48. The Morgan fingerprint density at radius 3 is 2.50 bits per heavy atom. The number of imidazole rings is 1. The Morgan fingerprint density at radius 1 is 0.938 bits per heavy atom. The summed E-state index contributed by atoms with van der Waals surface area (Å²) in [7, 11) is 0. The Bertz CT molecular complexity index is 1310. The fraction of sp³-hybridized carbons (Fsp3) is 0.0800. The van der Waals surface area contributed by atoms with Gasteiger partial charge in [0.25, 0.3) is 0 Å². The molecule has 0 saturated heterocycles. The Kier molecular flexibility index (Phi) is 5.47. The van der Waals surface area contributed by atoms with Crippen LogP contribution in [-0.2, 0) is 0 Å². The van der Waals surface area contributed by atoms with E-state index >= 15 is 0 Å². The zero-order valence-corrected chi connectivity index (χ0v) is 18.1. The summed E-state index contributed by atoms with van der Waals surface area (Å²) in [5.41, 5.74) is 3.81. The van der Waals surface area contributed by atoms with E-state index in [0.717, 1.165) is 22.4 Å². The van der Waals surface area contributed by atoms with Gasteiger partial charge in [-0.2, -0.15) is 16.3 Å². The van der Waals surface area contributed by atoms with E-state index in [9.17, 15) is 4.39 Å². The lowest BCUT2D eigenvalue weighted by molar-refractivity contribution is 0.628. The molecule has 0 aliphatic carbocycles. The first-order chi connectivity index (χ1) is 15.7. The van der Waals surface area contributed by atoms with Crippen molar-refractivity contribution in [3.63, 3.8) is 0 Å². The Hall–Kier alpha value is -3.84. The number of nitrogens with zero attached hydrogens (tertiary/aromatic N) is 4. The summed E-state index contributed by atoms with van der Waals surface area (Å²) in [4.78, 5) is 14.0. The van der Waals surface area contributed by atoms with Gasteiger partial charge in [-0.1, -0.05) is 30.3 Å². The van der Waals surface area contributed by atoms with Crippen molar-refractivity contribution in [2.24, 2.45) is 0 Å². The Morgan fingerprint density at radius 2 is 1.75 bits per heavy atom. The van der Waals surface area contributed by atoms with E-state index in [1.165, 1.54) is 12.1 Å². The number of benzene rings is 2. The molecule has 0 amide bonds. The largest absolute Gasteiger partial charge is 0.348 e. The first-order valence-corrected chi connectivity index (χ1v) is 11.1. The summed E-state index contributed by atoms with van der Waals surface area (Å²) in [5, 5.41) is 7.43. The number of hydrogen-bond acceptors (Lipinski definition) is 5. The SMILES string of the molecule is CC(Nc1nccc(-n2cc(-c3ccsc3)nc2-c2ccc(F)cc2)n1)c1ccccc1. The standard InChI is InChI=1S/C25H20FN5S/c1-17(18-5-3-2-4-6-18)28-25-27-13-11-23(30-25)31-15-22(20-12-14-32-16-20)29-24(31)19-7-9-21(26)10-8-19/h2-17H,1H3,(H,27,28,30). The molecule has 0 aliphatic heterocycles. The number of nitrogens with one attached hydrogen (secondary N) is 1. The van der Waals surface area contributed by atoms with Crippen molar-refractivity contribution in [1.29, 1.82) is 0 Å². The van der Waals surface area contributed by atoms with Gasteiger partial charge in [0.1, 0.15) is 17.5 Å². The van der Waals surface area contributed by atoms with E-state index in [0.29, 0.717) is 17.6 Å². The summed E-state index contributed by atoms with van der Waals surface area (Å²) in [6, 6.07) is 20.4. The van der Waals surface area contributed by atoms with Gasteiger partial charge in [-0.3, -0.25) is 4.57 Å². The van der Waals surface area contributed by atoms with Gasteiger partial charge < -0.3 is 5.32 Å². The highest BCUT2D eigenvalue weighted by atomic mass is 32.1. The van der Waals surface area contributed by atoms with E-state index in [4.69, 9.17) is 9.97 Å². The third-order valence-corrected chi connectivity index (χ3v) is 5.84. The molecule has 0 fully saturated rings. The molecule has 5 rings (SSSR count). The molecule has 0 saturated carbocycles. The predicted molar refractivity (Wildman–Crippen MR) is 126 cm³/mol. The molecule has 1 atom stereocenters. The Balaban J connectivity index is 1.54. The molecular formula is C25H20FN5S. The number of anilines is 1. The molecule has 0 spiro atoms. The normalized spacial score (nSPS) is 11.9. The van der Waals surface area contributed by atoms with Gasteiger partial charge in [0.05, 0.1) is 11.7 Å². The maximum Gasteiger partial charge on any atom is 0.225 e. The summed E-state index contributed by atoms with van der Waals surface area (Å²) < 4.78 is 15.4. The van der Waals surface area contributed by atoms with Crippen molar-refractivity contribution in [2.45, 2.75) is 13.0 Å². The number of thiophene rings is 1. The van der Waals surface area contributed by atoms with Crippen molar-refractivity contribution in [1.82, 2.24) is 19.5 Å². The molecule has 5 nitrogen and oxygen atoms in total. The molecule has 3 aromatic heterocycles. The average molecular weight is 442 g/mol. The zero-order valence-electron chi connectivity index (χ0n) is 17.3. The van der Waals surface area contributed by atoms with E-state index in [1.807, 2.05) is 46.5 Å². The highest BCUT2D eigenvalue weighted by Gasteiger charge is 2.16. The quantitative estimate of drug-likeness (QED) is 0.333. The zero-order chi connectivity index (χ0) is 21.9. The van der Waals surface area contributed by atoms with Gasteiger partial charge in [-0.15, -0.1) is 0 Å². The van der Waals surface area contributed by atoms with Crippen LogP contribution in [0, 0.1) is 5.82 Å². The average Bonchev–Trinajstić information content (AvgIpc) is 3.51. The van der Waals surface area contributed by atoms with Gasteiger partial charge in [-0.25, -0.2) is 14.4 Å². The topological polar surface area (TPSA) is 55.6 Å². The second-order valence-corrected chi connectivity index (χ2v) is 8.13. The molecule has 1 unspecified atom stereocenters. The van der Waals surface area contributed by atoms with E-state index in [1.54, 1.807) is 29.7 Å². The van der Waals surface area contributed by atoms with E-state index in [-0.39, 0.29) is 11.9 Å². The molecule has 158 valence electrons. The van der Waals surface area contributed by atoms with Crippen LogP contribution in [0.2, 0.25) is 0 Å². The van der Waals surface area contributed by atoms with Crippen molar-refractivity contribution < 1.29 is 4.39 Å². The summed E-state index contributed by atoms with van der Waals surface area (Å²) in [5.74, 6) is 1.60. The maximum atomic E-state index is 13.5. The van der Waals surface area contributed by atoms with Gasteiger partial charge in [-0.05, 0) is 54.3 Å². The molecule has 0 bridgehead atoms. The van der Waals surface area contributed by atoms with Crippen LogP contribution in [0.4, 0.5) is 10.3 Å². The molecule has 32 heavy (non-hydrogen) atoms. The summed E-state index contributed by atoms with van der Waals surface area (Å²) >= 11 is 1.62. The minimum absolute atomic E-state index is 0.0483. The van der Waals surface area contributed by atoms with Crippen LogP contribution in [-0.4, -0.2) is 19.5 Å². The smallest absolute Gasteiger partial charge is 0.225 e. The first kappa shape index (κ1) is 20.1. The van der Waals surface area contributed by atoms with Crippen molar-refractivity contribution in [3.8, 4) is 28.5 Å². The number of aromatic nitrogens is 4. The number of hydrogen-bond donors (Lipinski definition) is 1. The monoisotopic (exact) mass is 441 g/mol. The van der Waals surface area contributed by atoms with Crippen LogP contribution in [0.3, 0.4) is 0 Å². The molecule has 2 aromatic carbocycles. The maximum absolute atomic E-state index is 13.5. The molecule has 1 N–H and O–H groups in total. The van der Waals surface area contributed by atoms with Crippen LogP contribution in [0.25, 0.3) is 28.5 Å². The van der Waals surface area contributed by atoms with Crippen LogP contribution < -0.4 is 5.32 Å². The minimum atomic E-state index is -0.284. The van der Waals surface area contributed by atoms with Crippen LogP contribution in [0.15, 0.2) is 89.9 Å². The number of rotatable bonds is 6. The molecule has 3 heterocycles. The highest BCUT2D eigenvalue weighted by Crippen LogP contribution is 2.29. The van der Waals surface area contributed by atoms with Crippen LogP contribution >= 0.6 is 11.3 Å². The minimum Gasteiger partial charge on any atom is -0.348 e. The van der Waals surface area contributed by atoms with Crippen molar-refractivity contribution in [2.75, 3.05) is 5.32 Å². The van der Waals surface area contributed by atoms with Gasteiger partial charge in [0.2, 0.25) is 5.95 Å². The summed E-state index contributed by atoms with van der Waals surface area (Å²) in [6.45, 7) is 2.07. The fourth-order valence-corrected chi connectivity index (χ4v) is 4.13. The van der Waals surface area contributed by atoms with Crippen molar-refractivity contribution in [3.05, 3.63) is 101 Å². The molecule has 0 aliphatic rings. The lowest BCUT2D eigenvalue weighted by atomic mass is 10.1. The second-order valence-electron chi connectivity index (χ2n) is 7.35. The van der Waals surface area contributed by atoms with Gasteiger partial charge >= 0.3 is 0 Å². The Labute approximate surface area is 189 Å². The number of halogens is 1. The predicted octanol–water partition coefficient (Wildman–Crippen LogP) is 6.37. The van der Waals surface area contributed by atoms with Crippen LogP contribution in [0.1, 0.15) is 18.5 Å².